The van der Waals surface area contributed by atoms with Crippen molar-refractivity contribution in [1.82, 2.24) is 15.1 Å². The van der Waals surface area contributed by atoms with E-state index in [0.29, 0.717) is 36.9 Å². The number of benzene rings is 3. The van der Waals surface area contributed by atoms with Gasteiger partial charge in [0.1, 0.15) is 12.4 Å². The standard InChI is InChI=1S/C32H32N4O5S/c1-21-9-12-24(13-10-21)36-32-29(30(34-36)22-7-4-3-5-8-22)31(23-11-14-25-26(17-23)41-20-40-25)42-19-28(38)35(32)18-27(37)33-15-6-16-39-2/h3-5,7-14,17,31H,6,15-16,18-20H2,1-2H3,(H,33,37)/t31-/m0/s1. The Balaban J connectivity index is 1.53. The predicted octanol–water partition coefficient (Wildman–Crippen LogP) is 4.90. The Morgan fingerprint density at radius 3 is 2.64 bits per heavy atom. The fraction of sp³-hybridized carbons (Fsp3) is 0.281. The van der Waals surface area contributed by atoms with Gasteiger partial charge in [-0.2, -0.15) is 5.10 Å². The third-order valence-electron chi connectivity index (χ3n) is 7.26. The Morgan fingerprint density at radius 2 is 1.86 bits per heavy atom. The summed E-state index contributed by atoms with van der Waals surface area (Å²) in [5, 5.41) is 7.81. The van der Waals surface area contributed by atoms with Gasteiger partial charge in [0.25, 0.3) is 0 Å². The number of ether oxygens (including phenoxy) is 3. The van der Waals surface area contributed by atoms with Crippen LogP contribution >= 0.6 is 11.8 Å². The van der Waals surface area contributed by atoms with Gasteiger partial charge in [0.05, 0.1) is 22.4 Å². The minimum absolute atomic E-state index is 0.126. The number of nitrogens with one attached hydrogen (secondary N) is 1. The van der Waals surface area contributed by atoms with Crippen LogP contribution in [0.3, 0.4) is 0 Å². The molecule has 4 aromatic rings. The number of carbonyl (C=O) groups is 2. The van der Waals surface area contributed by atoms with E-state index in [1.807, 2.05) is 79.7 Å². The fourth-order valence-corrected chi connectivity index (χ4v) is 6.37. The van der Waals surface area contributed by atoms with Gasteiger partial charge in [-0.25, -0.2) is 4.68 Å². The molecule has 0 saturated heterocycles. The van der Waals surface area contributed by atoms with Crippen LogP contribution in [0, 0.1) is 6.92 Å². The van der Waals surface area contributed by atoms with E-state index in [2.05, 4.69) is 5.32 Å². The molecule has 3 heterocycles. The first kappa shape index (κ1) is 27.9. The highest BCUT2D eigenvalue weighted by Gasteiger charge is 2.38. The van der Waals surface area contributed by atoms with Crippen LogP contribution in [-0.4, -0.2) is 60.9 Å². The van der Waals surface area contributed by atoms with Gasteiger partial charge in [-0.05, 0) is 43.2 Å². The summed E-state index contributed by atoms with van der Waals surface area (Å²) in [6.07, 6.45) is 0.683. The Hall–Kier alpha value is -4.28. The van der Waals surface area contributed by atoms with Crippen molar-refractivity contribution in [3.8, 4) is 28.4 Å². The highest BCUT2D eigenvalue weighted by molar-refractivity contribution is 8.00. The number of hydrogen-bond donors (Lipinski definition) is 1. The molecule has 2 aliphatic rings. The van der Waals surface area contributed by atoms with Crippen LogP contribution in [0.4, 0.5) is 5.82 Å². The minimum atomic E-state index is -0.261. The number of fused-ring (bicyclic) bond motifs is 2. The molecule has 6 rings (SSSR count). The monoisotopic (exact) mass is 584 g/mol. The summed E-state index contributed by atoms with van der Waals surface area (Å²) in [6.45, 7) is 3.08. The van der Waals surface area contributed by atoms with E-state index in [4.69, 9.17) is 19.3 Å². The van der Waals surface area contributed by atoms with Crippen molar-refractivity contribution in [2.75, 3.05) is 44.3 Å². The molecular weight excluding hydrogens is 552 g/mol. The molecule has 0 fully saturated rings. The number of rotatable bonds is 9. The van der Waals surface area contributed by atoms with Gasteiger partial charge in [0, 0.05) is 31.4 Å². The molecule has 42 heavy (non-hydrogen) atoms. The van der Waals surface area contributed by atoms with Crippen LogP contribution in [0.15, 0.2) is 72.8 Å². The van der Waals surface area contributed by atoms with E-state index in [9.17, 15) is 9.59 Å². The molecule has 0 radical (unpaired) electrons. The van der Waals surface area contributed by atoms with Gasteiger partial charge in [0.2, 0.25) is 18.6 Å². The topological polar surface area (TPSA) is 94.9 Å². The van der Waals surface area contributed by atoms with Crippen molar-refractivity contribution in [3.05, 3.63) is 89.5 Å². The Labute approximate surface area is 248 Å². The number of nitrogens with zero attached hydrogens (tertiary/aromatic N) is 3. The van der Waals surface area contributed by atoms with Crippen LogP contribution in [-0.2, 0) is 14.3 Å². The zero-order valence-electron chi connectivity index (χ0n) is 23.5. The Morgan fingerprint density at radius 1 is 1.07 bits per heavy atom. The number of hydrogen-bond acceptors (Lipinski definition) is 7. The third kappa shape index (κ3) is 5.60. The van der Waals surface area contributed by atoms with Crippen LogP contribution in [0.5, 0.6) is 11.5 Å². The molecule has 0 aliphatic carbocycles. The van der Waals surface area contributed by atoms with Crippen LogP contribution < -0.4 is 19.7 Å². The zero-order valence-corrected chi connectivity index (χ0v) is 24.4. The van der Waals surface area contributed by atoms with Crippen molar-refractivity contribution in [2.24, 2.45) is 0 Å². The number of thioether (sulfide) groups is 1. The van der Waals surface area contributed by atoms with E-state index in [0.717, 1.165) is 33.6 Å². The van der Waals surface area contributed by atoms with Gasteiger partial charge < -0.3 is 19.5 Å². The first-order valence-electron chi connectivity index (χ1n) is 13.9. The quantitative estimate of drug-likeness (QED) is 0.280. The number of anilines is 1. The maximum absolute atomic E-state index is 13.9. The number of aromatic nitrogens is 2. The average Bonchev–Trinajstić information content (AvgIpc) is 3.61. The van der Waals surface area contributed by atoms with Crippen molar-refractivity contribution in [1.29, 1.82) is 0 Å². The second-order valence-corrected chi connectivity index (χ2v) is 11.3. The molecule has 1 N–H and O–H groups in total. The number of aryl methyl sites for hydroxylation is 1. The highest BCUT2D eigenvalue weighted by Crippen LogP contribution is 2.50. The Kier molecular flexibility index (Phi) is 8.16. The lowest BCUT2D eigenvalue weighted by Gasteiger charge is -2.23. The second-order valence-electron chi connectivity index (χ2n) is 10.2. The SMILES string of the molecule is COCCCNC(=O)CN1C(=O)CS[C@@H](c2ccc3c(c2)OCO3)c2c(-c3ccccc3)nn(-c3ccc(C)cc3)c21. The lowest BCUT2D eigenvalue weighted by atomic mass is 9.99. The van der Waals surface area contributed by atoms with Gasteiger partial charge in [-0.1, -0.05) is 54.1 Å². The summed E-state index contributed by atoms with van der Waals surface area (Å²) in [4.78, 5) is 28.6. The van der Waals surface area contributed by atoms with Gasteiger partial charge >= 0.3 is 0 Å². The van der Waals surface area contributed by atoms with E-state index in [1.54, 1.807) is 16.7 Å². The second kappa shape index (κ2) is 12.3. The van der Waals surface area contributed by atoms with E-state index in [1.165, 1.54) is 11.8 Å². The first-order valence-corrected chi connectivity index (χ1v) is 14.9. The van der Waals surface area contributed by atoms with E-state index >= 15 is 0 Å². The molecule has 0 unspecified atom stereocenters. The average molecular weight is 585 g/mol. The van der Waals surface area contributed by atoms with Gasteiger partial charge in [-0.3, -0.25) is 14.5 Å². The maximum atomic E-state index is 13.9. The normalized spacial score (nSPS) is 15.8. The summed E-state index contributed by atoms with van der Waals surface area (Å²) < 4.78 is 18.2. The number of carbonyl (C=O) groups excluding carboxylic acids is 2. The molecule has 2 amide bonds. The maximum Gasteiger partial charge on any atom is 0.240 e. The lowest BCUT2D eigenvalue weighted by molar-refractivity contribution is -0.122. The van der Waals surface area contributed by atoms with E-state index < -0.39 is 0 Å². The fourth-order valence-electron chi connectivity index (χ4n) is 5.18. The molecule has 9 nitrogen and oxygen atoms in total. The number of methoxy groups -OCH3 is 1. The van der Waals surface area contributed by atoms with Crippen molar-refractivity contribution in [3.63, 3.8) is 0 Å². The van der Waals surface area contributed by atoms with Crippen molar-refractivity contribution in [2.45, 2.75) is 18.6 Å². The third-order valence-corrected chi connectivity index (χ3v) is 8.52. The number of amides is 2. The van der Waals surface area contributed by atoms with Crippen LogP contribution in [0.1, 0.15) is 28.4 Å². The lowest BCUT2D eigenvalue weighted by Crippen LogP contribution is -2.42. The molecule has 10 heteroatoms. The molecule has 0 bridgehead atoms. The summed E-state index contributed by atoms with van der Waals surface area (Å²) in [7, 11) is 1.63. The zero-order chi connectivity index (χ0) is 29.1. The summed E-state index contributed by atoms with van der Waals surface area (Å²) in [5.41, 5.74) is 5.41. The molecular formula is C32H32N4O5S. The molecule has 0 saturated carbocycles. The van der Waals surface area contributed by atoms with Crippen LogP contribution in [0.25, 0.3) is 16.9 Å². The summed E-state index contributed by atoms with van der Waals surface area (Å²) in [5.74, 6) is 1.73. The molecule has 2 aliphatic heterocycles. The summed E-state index contributed by atoms with van der Waals surface area (Å²) in [6, 6.07) is 23.8. The largest absolute Gasteiger partial charge is 0.454 e. The summed E-state index contributed by atoms with van der Waals surface area (Å²) >= 11 is 1.52. The van der Waals surface area contributed by atoms with Gasteiger partial charge in [-0.15, -0.1) is 11.8 Å². The van der Waals surface area contributed by atoms with Gasteiger partial charge in [0.15, 0.2) is 11.5 Å². The highest BCUT2D eigenvalue weighted by atomic mass is 32.2. The predicted molar refractivity (Wildman–Crippen MR) is 162 cm³/mol. The molecule has 1 aromatic heterocycles. The molecule has 216 valence electrons. The Bertz CT molecular complexity index is 1590. The van der Waals surface area contributed by atoms with Crippen molar-refractivity contribution >= 4 is 29.4 Å². The molecule has 3 aromatic carbocycles. The van der Waals surface area contributed by atoms with E-state index in [-0.39, 0.29) is 36.2 Å². The minimum Gasteiger partial charge on any atom is -0.454 e. The smallest absolute Gasteiger partial charge is 0.240 e. The van der Waals surface area contributed by atoms with Crippen molar-refractivity contribution < 1.29 is 23.8 Å². The van der Waals surface area contributed by atoms with Crippen LogP contribution in [0.2, 0.25) is 0 Å². The molecule has 0 spiro atoms. The molecule has 1 atom stereocenters. The first-order chi connectivity index (χ1) is 20.5.